The van der Waals surface area contributed by atoms with Gasteiger partial charge >= 0.3 is 0 Å². The van der Waals surface area contributed by atoms with Gasteiger partial charge in [-0.25, -0.2) is 4.98 Å². The van der Waals surface area contributed by atoms with Crippen LogP contribution in [0.2, 0.25) is 0 Å². The number of nitrogens with zero attached hydrogens (tertiary/aromatic N) is 4. The van der Waals surface area contributed by atoms with E-state index in [9.17, 15) is 0 Å². The molecule has 158 valence electrons. The number of benzene rings is 1. The van der Waals surface area contributed by atoms with Gasteiger partial charge < -0.3 is 20.5 Å². The van der Waals surface area contributed by atoms with Crippen molar-refractivity contribution in [3.05, 3.63) is 59.4 Å². The van der Waals surface area contributed by atoms with Crippen molar-refractivity contribution in [2.75, 3.05) is 38.4 Å². The minimum Gasteiger partial charge on any atom is -0.486 e. The molecule has 1 aromatic carbocycles. The molecule has 1 aliphatic heterocycles. The lowest BCUT2D eigenvalue weighted by atomic mass is 9.95. The highest BCUT2D eigenvalue weighted by Gasteiger charge is 2.20. The van der Waals surface area contributed by atoms with E-state index in [1.807, 2.05) is 36.5 Å². The van der Waals surface area contributed by atoms with Gasteiger partial charge in [0.25, 0.3) is 0 Å². The molecule has 0 saturated heterocycles. The Morgan fingerprint density at radius 3 is 2.58 bits per heavy atom. The van der Waals surface area contributed by atoms with Crippen LogP contribution in [0, 0.1) is 0 Å². The third kappa shape index (κ3) is 4.32. The minimum absolute atomic E-state index is 0.373. The maximum atomic E-state index is 6.36. The SMILES string of the molecule is CN=Cc1c(N)nc(NCc2cccnc2)c(C=NC)c1-c1ccc2c(c1)OCCO2. The van der Waals surface area contributed by atoms with Gasteiger partial charge in [-0.1, -0.05) is 12.1 Å². The molecule has 8 nitrogen and oxygen atoms in total. The largest absolute Gasteiger partial charge is 0.486 e. The van der Waals surface area contributed by atoms with Gasteiger partial charge in [0.05, 0.1) is 0 Å². The van der Waals surface area contributed by atoms with Crippen molar-refractivity contribution in [3.63, 3.8) is 0 Å². The molecule has 8 heteroatoms. The number of pyridine rings is 2. The summed E-state index contributed by atoms with van der Waals surface area (Å²) in [5.74, 6) is 2.42. The van der Waals surface area contributed by atoms with Crippen LogP contribution in [0.5, 0.6) is 11.5 Å². The van der Waals surface area contributed by atoms with E-state index in [0.717, 1.165) is 33.6 Å². The van der Waals surface area contributed by atoms with Crippen molar-refractivity contribution in [1.29, 1.82) is 0 Å². The van der Waals surface area contributed by atoms with E-state index in [1.54, 1.807) is 32.7 Å². The Balaban J connectivity index is 1.85. The van der Waals surface area contributed by atoms with E-state index in [0.29, 0.717) is 37.1 Å². The van der Waals surface area contributed by atoms with Gasteiger partial charge in [-0.2, -0.15) is 0 Å². The molecule has 1 aliphatic rings. The number of ether oxygens (including phenoxy) is 2. The van der Waals surface area contributed by atoms with Crippen LogP contribution in [0.1, 0.15) is 16.7 Å². The zero-order chi connectivity index (χ0) is 21.6. The van der Waals surface area contributed by atoms with Crippen LogP contribution in [0.4, 0.5) is 11.6 Å². The van der Waals surface area contributed by atoms with E-state index in [1.165, 1.54) is 0 Å². The number of anilines is 2. The topological polar surface area (TPSA) is 107 Å². The third-order valence-electron chi connectivity index (χ3n) is 4.83. The summed E-state index contributed by atoms with van der Waals surface area (Å²) in [6.07, 6.45) is 7.04. The van der Waals surface area contributed by atoms with Gasteiger partial charge in [-0.3, -0.25) is 15.0 Å². The molecule has 0 aliphatic carbocycles. The zero-order valence-electron chi connectivity index (χ0n) is 17.5. The molecule has 2 aromatic heterocycles. The molecule has 3 N–H and O–H groups in total. The Labute approximate surface area is 180 Å². The summed E-state index contributed by atoms with van der Waals surface area (Å²) < 4.78 is 11.5. The lowest BCUT2D eigenvalue weighted by Crippen LogP contribution is -2.15. The molecular formula is C23H24N6O2. The number of nitrogen functional groups attached to an aromatic ring is 1. The highest BCUT2D eigenvalue weighted by molar-refractivity contribution is 6.05. The van der Waals surface area contributed by atoms with Crippen LogP contribution in [0.15, 0.2) is 52.7 Å². The standard InChI is InChI=1S/C23H24N6O2/c1-25-13-17-21(16-5-6-19-20(10-16)31-9-8-30-19)18(14-26-2)23(29-22(17)24)28-12-15-4-3-7-27-11-15/h3-7,10-11,13-14H,8-9,12H2,1-2H3,(H3,24,28,29). The number of nitrogens with one attached hydrogen (secondary N) is 1. The van der Waals surface area contributed by atoms with Gasteiger partial charge in [0.2, 0.25) is 0 Å². The third-order valence-corrected chi connectivity index (χ3v) is 4.83. The first-order valence-electron chi connectivity index (χ1n) is 9.92. The second-order valence-corrected chi connectivity index (χ2v) is 6.90. The first-order chi connectivity index (χ1) is 15.2. The number of hydrogen-bond acceptors (Lipinski definition) is 8. The van der Waals surface area contributed by atoms with Gasteiger partial charge in [0, 0.05) is 62.2 Å². The number of hydrogen-bond donors (Lipinski definition) is 2. The summed E-state index contributed by atoms with van der Waals surface area (Å²) >= 11 is 0. The second-order valence-electron chi connectivity index (χ2n) is 6.90. The Kier molecular flexibility index (Phi) is 6.07. The normalized spacial score (nSPS) is 13.1. The predicted molar refractivity (Wildman–Crippen MR) is 124 cm³/mol. The van der Waals surface area contributed by atoms with Gasteiger partial charge in [-0.05, 0) is 29.3 Å². The van der Waals surface area contributed by atoms with E-state index in [4.69, 9.17) is 15.2 Å². The van der Waals surface area contributed by atoms with E-state index in [-0.39, 0.29) is 0 Å². The fraction of sp³-hybridized carbons (Fsp3) is 0.217. The molecule has 3 heterocycles. The van der Waals surface area contributed by atoms with Crippen molar-refractivity contribution in [2.45, 2.75) is 6.54 Å². The summed E-state index contributed by atoms with van der Waals surface area (Å²) in [5, 5.41) is 3.37. The Hall–Kier alpha value is -3.94. The average Bonchev–Trinajstić information content (AvgIpc) is 2.81. The number of fused-ring (bicyclic) bond motifs is 1. The van der Waals surface area contributed by atoms with Crippen LogP contribution in [-0.2, 0) is 6.54 Å². The molecule has 0 bridgehead atoms. The van der Waals surface area contributed by atoms with E-state index in [2.05, 4.69) is 25.3 Å². The summed E-state index contributed by atoms with van der Waals surface area (Å²) in [7, 11) is 3.43. The molecule has 0 spiro atoms. The highest BCUT2D eigenvalue weighted by atomic mass is 16.6. The van der Waals surface area contributed by atoms with Crippen LogP contribution >= 0.6 is 0 Å². The van der Waals surface area contributed by atoms with Crippen LogP contribution in [0.3, 0.4) is 0 Å². The smallest absolute Gasteiger partial charge is 0.161 e. The Morgan fingerprint density at radius 1 is 1.06 bits per heavy atom. The number of rotatable bonds is 6. The highest BCUT2D eigenvalue weighted by Crippen LogP contribution is 2.39. The van der Waals surface area contributed by atoms with Crippen LogP contribution in [0.25, 0.3) is 11.1 Å². The number of aliphatic imine (C=N–C) groups is 2. The second kappa shape index (κ2) is 9.25. The minimum atomic E-state index is 0.373. The molecular weight excluding hydrogens is 392 g/mol. The van der Waals surface area contributed by atoms with E-state index < -0.39 is 0 Å². The summed E-state index contributed by atoms with van der Waals surface area (Å²) in [6, 6.07) is 9.73. The summed E-state index contributed by atoms with van der Waals surface area (Å²) in [4.78, 5) is 17.2. The predicted octanol–water partition coefficient (Wildman–Crippen LogP) is 3.21. The maximum Gasteiger partial charge on any atom is 0.161 e. The fourth-order valence-electron chi connectivity index (χ4n) is 3.48. The van der Waals surface area contributed by atoms with Crippen molar-refractivity contribution in [3.8, 4) is 22.6 Å². The van der Waals surface area contributed by atoms with Gasteiger partial charge in [0.15, 0.2) is 11.5 Å². The molecule has 0 amide bonds. The van der Waals surface area contributed by atoms with E-state index >= 15 is 0 Å². The fourth-order valence-corrected chi connectivity index (χ4v) is 3.48. The van der Waals surface area contributed by atoms with Crippen LogP contribution in [-0.4, -0.2) is 49.7 Å². The molecule has 0 radical (unpaired) electrons. The van der Waals surface area contributed by atoms with Gasteiger partial charge in [-0.15, -0.1) is 0 Å². The molecule has 31 heavy (non-hydrogen) atoms. The number of aromatic nitrogens is 2. The molecule has 0 fully saturated rings. The van der Waals surface area contributed by atoms with Crippen molar-refractivity contribution < 1.29 is 9.47 Å². The lowest BCUT2D eigenvalue weighted by Gasteiger charge is -2.21. The first kappa shape index (κ1) is 20.3. The molecule has 0 saturated carbocycles. The zero-order valence-corrected chi connectivity index (χ0v) is 17.5. The Bertz CT molecular complexity index is 1130. The van der Waals surface area contributed by atoms with Crippen molar-refractivity contribution >= 4 is 24.1 Å². The molecule has 0 atom stereocenters. The first-order valence-corrected chi connectivity index (χ1v) is 9.92. The molecule has 3 aromatic rings. The lowest BCUT2D eigenvalue weighted by molar-refractivity contribution is 0.171. The molecule has 0 unspecified atom stereocenters. The molecule has 4 rings (SSSR count). The monoisotopic (exact) mass is 416 g/mol. The van der Waals surface area contributed by atoms with Crippen LogP contribution < -0.4 is 20.5 Å². The summed E-state index contributed by atoms with van der Waals surface area (Å²) in [5.41, 5.74) is 10.7. The summed E-state index contributed by atoms with van der Waals surface area (Å²) in [6.45, 7) is 1.60. The van der Waals surface area contributed by atoms with Crippen molar-refractivity contribution in [1.82, 2.24) is 9.97 Å². The average molecular weight is 416 g/mol. The quantitative estimate of drug-likeness (QED) is 0.598. The number of nitrogens with two attached hydrogens (primary N) is 1. The Morgan fingerprint density at radius 2 is 1.84 bits per heavy atom. The maximum absolute atomic E-state index is 6.36. The van der Waals surface area contributed by atoms with Crippen molar-refractivity contribution in [2.24, 2.45) is 9.98 Å². The van der Waals surface area contributed by atoms with Gasteiger partial charge in [0.1, 0.15) is 24.8 Å².